The van der Waals surface area contributed by atoms with E-state index in [0.717, 1.165) is 23.4 Å². The molecule has 4 bridgehead atoms. The van der Waals surface area contributed by atoms with E-state index in [1.807, 2.05) is 4.80 Å². The smallest absolute Gasteiger partial charge is 0.0967 e. The highest BCUT2D eigenvalue weighted by Gasteiger charge is 2.53. The van der Waals surface area contributed by atoms with E-state index in [4.69, 9.17) is 5.26 Å². The van der Waals surface area contributed by atoms with Crippen LogP contribution in [0.15, 0.2) is 6.20 Å². The number of nitrogens with zero attached hydrogens (tertiary/aromatic N) is 4. The molecule has 1 aromatic rings. The van der Waals surface area contributed by atoms with Crippen LogP contribution in [0.25, 0.3) is 0 Å². The predicted octanol–water partition coefficient (Wildman–Crippen LogP) is 2.27. The quantitative estimate of drug-likeness (QED) is 0.799. The van der Waals surface area contributed by atoms with E-state index in [0.29, 0.717) is 6.42 Å². The summed E-state index contributed by atoms with van der Waals surface area (Å²) >= 11 is 0. The summed E-state index contributed by atoms with van der Waals surface area (Å²) < 4.78 is 0. The molecule has 4 aliphatic rings. The minimum Gasteiger partial charge on any atom is -0.198 e. The van der Waals surface area contributed by atoms with Crippen molar-refractivity contribution < 1.29 is 0 Å². The van der Waals surface area contributed by atoms with Crippen LogP contribution in [0.1, 0.15) is 44.2 Å². The van der Waals surface area contributed by atoms with Gasteiger partial charge >= 0.3 is 0 Å². The van der Waals surface area contributed by atoms with Crippen LogP contribution in [-0.2, 0) is 12.0 Å². The topological polar surface area (TPSA) is 54.5 Å². The Balaban J connectivity index is 1.68. The molecule has 0 atom stereocenters. The molecule has 0 aromatic carbocycles. The van der Waals surface area contributed by atoms with Crippen LogP contribution >= 0.6 is 0 Å². The van der Waals surface area contributed by atoms with Gasteiger partial charge in [0, 0.05) is 0 Å². The molecule has 4 aliphatic carbocycles. The lowest BCUT2D eigenvalue weighted by Gasteiger charge is -2.55. The highest BCUT2D eigenvalue weighted by Crippen LogP contribution is 2.58. The molecule has 0 saturated heterocycles. The van der Waals surface area contributed by atoms with Gasteiger partial charge in [0.1, 0.15) is 0 Å². The van der Waals surface area contributed by atoms with Gasteiger partial charge in [-0.1, -0.05) is 0 Å². The molecule has 18 heavy (non-hydrogen) atoms. The Morgan fingerprint density at radius 3 is 2.39 bits per heavy atom. The first-order chi connectivity index (χ1) is 8.77. The summed E-state index contributed by atoms with van der Waals surface area (Å²) in [6, 6.07) is 2.16. The predicted molar refractivity (Wildman–Crippen MR) is 65.5 cm³/mol. The van der Waals surface area contributed by atoms with Crippen LogP contribution in [-0.4, -0.2) is 15.0 Å². The summed E-state index contributed by atoms with van der Waals surface area (Å²) in [4.78, 5) is 1.98. The molecule has 0 spiro atoms. The monoisotopic (exact) mass is 242 g/mol. The third-order valence-electron chi connectivity index (χ3n) is 5.23. The Kier molecular flexibility index (Phi) is 2.09. The Labute approximate surface area is 107 Å². The summed E-state index contributed by atoms with van der Waals surface area (Å²) in [6.45, 7) is 0. The van der Waals surface area contributed by atoms with Gasteiger partial charge in [0.15, 0.2) is 0 Å². The van der Waals surface area contributed by atoms with Crippen LogP contribution in [0.4, 0.5) is 0 Å². The summed E-state index contributed by atoms with van der Waals surface area (Å²) in [5, 5.41) is 17.8. The molecule has 0 radical (unpaired) electrons. The van der Waals surface area contributed by atoms with Gasteiger partial charge in [-0.05, 0) is 56.3 Å². The average Bonchev–Trinajstić information content (AvgIpc) is 2.77. The first kappa shape index (κ1) is 10.5. The molecule has 0 amide bonds. The summed E-state index contributed by atoms with van der Waals surface area (Å²) in [6.07, 6.45) is 10.3. The van der Waals surface area contributed by atoms with E-state index in [2.05, 4.69) is 16.3 Å². The van der Waals surface area contributed by atoms with E-state index < -0.39 is 0 Å². The Morgan fingerprint density at radius 1 is 1.22 bits per heavy atom. The number of rotatable bonds is 2. The second-order valence-electron chi connectivity index (χ2n) is 6.60. The van der Waals surface area contributed by atoms with Gasteiger partial charge in [-0.15, -0.1) is 0 Å². The molecule has 0 unspecified atom stereocenters. The zero-order chi connectivity index (χ0) is 12.2. The molecule has 4 nitrogen and oxygen atoms in total. The fraction of sp³-hybridized carbons (Fsp3) is 0.786. The number of aromatic nitrogens is 3. The zero-order valence-electron chi connectivity index (χ0n) is 10.5. The first-order valence-electron chi connectivity index (χ1n) is 7.06. The van der Waals surface area contributed by atoms with E-state index in [9.17, 15) is 0 Å². The third-order valence-corrected chi connectivity index (χ3v) is 5.23. The molecular weight excluding hydrogens is 224 g/mol. The van der Waals surface area contributed by atoms with Crippen LogP contribution in [0.5, 0.6) is 0 Å². The van der Waals surface area contributed by atoms with Crippen molar-refractivity contribution in [2.24, 2.45) is 17.8 Å². The minimum atomic E-state index is 0.197. The second-order valence-corrected chi connectivity index (χ2v) is 6.60. The lowest BCUT2D eigenvalue weighted by atomic mass is 9.53. The average molecular weight is 242 g/mol. The molecule has 4 heteroatoms. The maximum absolute atomic E-state index is 8.74. The van der Waals surface area contributed by atoms with Gasteiger partial charge in [-0.25, -0.2) is 0 Å². The van der Waals surface area contributed by atoms with Crippen LogP contribution in [0.3, 0.4) is 0 Å². The van der Waals surface area contributed by atoms with Gasteiger partial charge in [0.25, 0.3) is 0 Å². The van der Waals surface area contributed by atoms with Gasteiger partial charge in [0.05, 0.1) is 29.9 Å². The standard InChI is InChI=1S/C14H18N4/c15-2-1-13-9-16-18(17-13)14-6-10-3-11(7-14)5-12(4-10)8-14/h9-12H,1,3-8H2. The molecule has 0 N–H and O–H groups in total. The lowest BCUT2D eigenvalue weighted by molar-refractivity contribution is -0.0568. The molecule has 0 aliphatic heterocycles. The van der Waals surface area contributed by atoms with Gasteiger partial charge < -0.3 is 0 Å². The summed E-state index contributed by atoms with van der Waals surface area (Å²) in [7, 11) is 0. The second kappa shape index (κ2) is 3.57. The number of hydrogen-bond acceptors (Lipinski definition) is 3. The van der Waals surface area contributed by atoms with Crippen molar-refractivity contribution in [3.63, 3.8) is 0 Å². The molecule has 4 fully saturated rings. The zero-order valence-corrected chi connectivity index (χ0v) is 10.5. The molecule has 94 valence electrons. The fourth-order valence-electron chi connectivity index (χ4n) is 5.00. The first-order valence-corrected chi connectivity index (χ1v) is 7.06. The van der Waals surface area contributed by atoms with E-state index in [1.54, 1.807) is 6.20 Å². The molecule has 1 aromatic heterocycles. The summed E-state index contributed by atoms with van der Waals surface area (Å²) in [5.74, 6) is 2.71. The minimum absolute atomic E-state index is 0.197. The van der Waals surface area contributed by atoms with E-state index >= 15 is 0 Å². The van der Waals surface area contributed by atoms with Crippen molar-refractivity contribution in [2.75, 3.05) is 0 Å². The normalized spacial score (nSPS) is 40.9. The van der Waals surface area contributed by atoms with E-state index in [1.165, 1.54) is 38.5 Å². The van der Waals surface area contributed by atoms with E-state index in [-0.39, 0.29) is 5.54 Å². The maximum Gasteiger partial charge on any atom is 0.0967 e. The molecule has 1 heterocycles. The van der Waals surface area contributed by atoms with Crippen molar-refractivity contribution in [3.05, 3.63) is 11.9 Å². The highest BCUT2D eigenvalue weighted by molar-refractivity contribution is 5.06. The maximum atomic E-state index is 8.74. The van der Waals surface area contributed by atoms with Crippen molar-refractivity contribution in [2.45, 2.75) is 50.5 Å². The molecular formula is C14H18N4. The van der Waals surface area contributed by atoms with Crippen molar-refractivity contribution in [3.8, 4) is 6.07 Å². The largest absolute Gasteiger partial charge is 0.198 e. The Morgan fingerprint density at radius 2 is 1.83 bits per heavy atom. The Bertz CT molecular complexity index is 475. The summed E-state index contributed by atoms with van der Waals surface area (Å²) in [5.41, 5.74) is 1.02. The highest BCUT2D eigenvalue weighted by atomic mass is 15.5. The Hall–Kier alpha value is -1.37. The molecule has 4 saturated carbocycles. The SMILES string of the molecule is N#CCc1cnn(C23CC4CC(CC(C4)C2)C3)n1. The van der Waals surface area contributed by atoms with Crippen LogP contribution in [0, 0.1) is 29.1 Å². The fourth-order valence-corrected chi connectivity index (χ4v) is 5.00. The van der Waals surface area contributed by atoms with Gasteiger partial charge in [0.2, 0.25) is 0 Å². The van der Waals surface area contributed by atoms with Crippen molar-refractivity contribution >= 4 is 0 Å². The third kappa shape index (κ3) is 1.43. The molecule has 5 rings (SSSR count). The van der Waals surface area contributed by atoms with Crippen LogP contribution in [0.2, 0.25) is 0 Å². The van der Waals surface area contributed by atoms with Crippen LogP contribution < -0.4 is 0 Å². The van der Waals surface area contributed by atoms with Crippen molar-refractivity contribution in [1.82, 2.24) is 15.0 Å². The van der Waals surface area contributed by atoms with Gasteiger partial charge in [-0.2, -0.15) is 20.3 Å². The van der Waals surface area contributed by atoms with Gasteiger partial charge in [-0.3, -0.25) is 0 Å². The number of hydrogen-bond donors (Lipinski definition) is 0. The van der Waals surface area contributed by atoms with Crippen molar-refractivity contribution in [1.29, 1.82) is 5.26 Å². The lowest BCUT2D eigenvalue weighted by Crippen LogP contribution is -2.52. The number of nitriles is 1.